The lowest BCUT2D eigenvalue weighted by Gasteiger charge is -2.25. The predicted octanol–water partition coefficient (Wildman–Crippen LogP) is 2.00. The SMILES string of the molecule is CCN([O-])CCCC1CC1. The van der Waals surface area contributed by atoms with Crippen molar-refractivity contribution in [3.8, 4) is 0 Å². The maximum absolute atomic E-state index is 10.7. The van der Waals surface area contributed by atoms with E-state index in [1.54, 1.807) is 0 Å². The molecule has 0 atom stereocenters. The van der Waals surface area contributed by atoms with Crippen LogP contribution in [0.3, 0.4) is 0 Å². The Hall–Kier alpha value is -0.0800. The minimum absolute atomic E-state index is 0.644. The van der Waals surface area contributed by atoms with Crippen LogP contribution < -0.4 is 0 Å². The molecular weight excluding hydrogens is 126 g/mol. The van der Waals surface area contributed by atoms with Gasteiger partial charge in [-0.15, -0.1) is 0 Å². The first-order chi connectivity index (χ1) is 4.83. The Kier molecular flexibility index (Phi) is 3.16. The van der Waals surface area contributed by atoms with Crippen LogP contribution in [0.2, 0.25) is 0 Å². The van der Waals surface area contributed by atoms with E-state index in [-0.39, 0.29) is 0 Å². The van der Waals surface area contributed by atoms with Gasteiger partial charge in [-0.3, -0.25) is 0 Å². The molecule has 0 aliphatic heterocycles. The van der Waals surface area contributed by atoms with Crippen molar-refractivity contribution in [1.29, 1.82) is 0 Å². The standard InChI is InChI=1S/C8H16NO/c1-2-9(10)7-3-4-8-5-6-8/h8H,2-7H2,1H3/q-1. The van der Waals surface area contributed by atoms with Gasteiger partial charge < -0.3 is 10.3 Å². The lowest BCUT2D eigenvalue weighted by Crippen LogP contribution is -2.16. The van der Waals surface area contributed by atoms with Gasteiger partial charge in [-0.1, -0.05) is 19.8 Å². The summed E-state index contributed by atoms with van der Waals surface area (Å²) >= 11 is 0. The van der Waals surface area contributed by atoms with Crippen LogP contribution in [0, 0.1) is 11.1 Å². The van der Waals surface area contributed by atoms with Gasteiger partial charge in [0, 0.05) is 0 Å². The molecule has 0 amide bonds. The van der Waals surface area contributed by atoms with Crippen molar-refractivity contribution >= 4 is 0 Å². The van der Waals surface area contributed by atoms with Crippen molar-refractivity contribution in [1.82, 2.24) is 5.06 Å². The van der Waals surface area contributed by atoms with Crippen LogP contribution in [-0.2, 0) is 0 Å². The normalized spacial score (nSPS) is 18.3. The van der Waals surface area contributed by atoms with Crippen LogP contribution in [0.25, 0.3) is 0 Å². The van der Waals surface area contributed by atoms with E-state index in [9.17, 15) is 5.21 Å². The Balaban J connectivity index is 1.83. The summed E-state index contributed by atoms with van der Waals surface area (Å²) in [4.78, 5) is 0. The van der Waals surface area contributed by atoms with Crippen molar-refractivity contribution in [3.63, 3.8) is 0 Å². The third-order valence-electron chi connectivity index (χ3n) is 2.07. The topological polar surface area (TPSA) is 26.3 Å². The Bertz CT molecular complexity index is 91.3. The van der Waals surface area contributed by atoms with Gasteiger partial charge in [0.15, 0.2) is 0 Å². The summed E-state index contributed by atoms with van der Waals surface area (Å²) in [7, 11) is 0. The fraction of sp³-hybridized carbons (Fsp3) is 1.00. The smallest absolute Gasteiger partial charge is 0.0145 e. The van der Waals surface area contributed by atoms with Crippen LogP contribution in [0.5, 0.6) is 0 Å². The van der Waals surface area contributed by atoms with Gasteiger partial charge in [-0.05, 0) is 31.8 Å². The summed E-state index contributed by atoms with van der Waals surface area (Å²) in [6.45, 7) is 3.29. The van der Waals surface area contributed by atoms with Crippen LogP contribution in [0.1, 0.15) is 32.6 Å². The zero-order valence-electron chi connectivity index (χ0n) is 6.68. The third kappa shape index (κ3) is 3.18. The molecule has 1 saturated carbocycles. The second-order valence-corrected chi connectivity index (χ2v) is 3.11. The molecule has 0 N–H and O–H groups in total. The van der Waals surface area contributed by atoms with Crippen molar-refractivity contribution in [3.05, 3.63) is 5.21 Å². The van der Waals surface area contributed by atoms with E-state index in [2.05, 4.69) is 0 Å². The Morgan fingerprint density at radius 3 is 2.70 bits per heavy atom. The molecule has 0 radical (unpaired) electrons. The first-order valence-electron chi connectivity index (χ1n) is 4.25. The van der Waals surface area contributed by atoms with Crippen molar-refractivity contribution in [2.24, 2.45) is 5.92 Å². The Morgan fingerprint density at radius 2 is 2.20 bits per heavy atom. The van der Waals surface area contributed by atoms with E-state index in [0.717, 1.165) is 23.9 Å². The molecule has 0 aromatic rings. The van der Waals surface area contributed by atoms with E-state index in [1.807, 2.05) is 6.92 Å². The Labute approximate surface area is 62.8 Å². The van der Waals surface area contributed by atoms with Crippen LogP contribution in [0.15, 0.2) is 0 Å². The average Bonchev–Trinajstić information content (AvgIpc) is 2.71. The highest BCUT2D eigenvalue weighted by Crippen LogP contribution is 2.33. The molecule has 0 spiro atoms. The van der Waals surface area contributed by atoms with Gasteiger partial charge in [0.1, 0.15) is 0 Å². The molecule has 2 nitrogen and oxygen atoms in total. The molecule has 0 bridgehead atoms. The van der Waals surface area contributed by atoms with Crippen LogP contribution >= 0.6 is 0 Å². The maximum Gasteiger partial charge on any atom is -0.0145 e. The van der Waals surface area contributed by atoms with Gasteiger partial charge in [-0.2, -0.15) is 0 Å². The summed E-state index contributed by atoms with van der Waals surface area (Å²) < 4.78 is 0. The molecule has 2 heteroatoms. The number of nitrogens with zero attached hydrogens (tertiary/aromatic N) is 1. The number of hydrogen-bond acceptors (Lipinski definition) is 2. The summed E-state index contributed by atoms with van der Waals surface area (Å²) in [6, 6.07) is 0. The van der Waals surface area contributed by atoms with E-state index in [0.29, 0.717) is 6.54 Å². The molecular formula is C8H16NO-. The molecule has 1 aliphatic carbocycles. The van der Waals surface area contributed by atoms with Crippen molar-refractivity contribution in [2.45, 2.75) is 32.6 Å². The first-order valence-corrected chi connectivity index (χ1v) is 4.25. The lowest BCUT2D eigenvalue weighted by atomic mass is 10.2. The predicted molar refractivity (Wildman–Crippen MR) is 42.6 cm³/mol. The van der Waals surface area contributed by atoms with Crippen LogP contribution in [-0.4, -0.2) is 18.2 Å². The van der Waals surface area contributed by atoms with Crippen molar-refractivity contribution in [2.75, 3.05) is 13.1 Å². The van der Waals surface area contributed by atoms with Gasteiger partial charge in [0.25, 0.3) is 0 Å². The maximum atomic E-state index is 10.7. The highest BCUT2D eigenvalue weighted by atomic mass is 16.5. The summed E-state index contributed by atoms with van der Waals surface area (Å²) in [5.74, 6) is 0.977. The minimum atomic E-state index is 0.644. The molecule has 1 aliphatic rings. The van der Waals surface area contributed by atoms with E-state index in [1.165, 1.54) is 19.3 Å². The second kappa shape index (κ2) is 3.94. The molecule has 1 rings (SSSR count). The summed E-state index contributed by atoms with van der Waals surface area (Å²) in [6.07, 6.45) is 5.19. The Morgan fingerprint density at radius 1 is 1.50 bits per heavy atom. The molecule has 10 heavy (non-hydrogen) atoms. The molecule has 0 saturated heterocycles. The van der Waals surface area contributed by atoms with Gasteiger partial charge in [0.05, 0.1) is 0 Å². The second-order valence-electron chi connectivity index (χ2n) is 3.11. The molecule has 0 aromatic carbocycles. The van der Waals surface area contributed by atoms with Gasteiger partial charge in [0.2, 0.25) is 0 Å². The zero-order valence-corrected chi connectivity index (χ0v) is 6.68. The van der Waals surface area contributed by atoms with Crippen molar-refractivity contribution < 1.29 is 0 Å². The zero-order chi connectivity index (χ0) is 7.40. The fourth-order valence-electron chi connectivity index (χ4n) is 1.12. The summed E-state index contributed by atoms with van der Waals surface area (Å²) in [5, 5.41) is 11.9. The molecule has 0 aromatic heterocycles. The van der Waals surface area contributed by atoms with E-state index < -0.39 is 0 Å². The monoisotopic (exact) mass is 142 g/mol. The first kappa shape index (κ1) is 8.02. The quantitative estimate of drug-likeness (QED) is 0.549. The number of rotatable bonds is 5. The van der Waals surface area contributed by atoms with Gasteiger partial charge >= 0.3 is 0 Å². The third-order valence-corrected chi connectivity index (χ3v) is 2.07. The van der Waals surface area contributed by atoms with E-state index in [4.69, 9.17) is 0 Å². The highest BCUT2D eigenvalue weighted by molar-refractivity contribution is 4.73. The summed E-state index contributed by atoms with van der Waals surface area (Å²) in [5.41, 5.74) is 0. The van der Waals surface area contributed by atoms with Crippen LogP contribution in [0.4, 0.5) is 0 Å². The minimum Gasteiger partial charge on any atom is -0.785 e. The lowest BCUT2D eigenvalue weighted by molar-refractivity contribution is 0.380. The molecule has 60 valence electrons. The number of hydroxylamine groups is 2. The largest absolute Gasteiger partial charge is 0.785 e. The molecule has 1 fully saturated rings. The molecule has 0 heterocycles. The number of hydrogen-bond donors (Lipinski definition) is 0. The average molecular weight is 142 g/mol. The fourth-order valence-corrected chi connectivity index (χ4v) is 1.12. The highest BCUT2D eigenvalue weighted by Gasteiger charge is 2.19. The van der Waals surface area contributed by atoms with E-state index >= 15 is 0 Å². The molecule has 0 unspecified atom stereocenters. The van der Waals surface area contributed by atoms with Gasteiger partial charge in [-0.25, -0.2) is 0 Å².